The highest BCUT2D eigenvalue weighted by Crippen LogP contribution is 2.36. The van der Waals surface area contributed by atoms with Gasteiger partial charge in [0.15, 0.2) is 5.82 Å². The Hall–Kier alpha value is -4.36. The normalized spacial score (nSPS) is 11.1. The topological polar surface area (TPSA) is 121 Å². The molecule has 0 amide bonds. The second kappa shape index (κ2) is 10.7. The third kappa shape index (κ3) is 5.27. The number of aryl methyl sites for hydroxylation is 2. The van der Waals surface area contributed by atoms with Crippen LogP contribution in [0.25, 0.3) is 16.7 Å². The minimum Gasteiger partial charge on any atom is -0.494 e. The average molecular weight is 500 g/mol. The summed E-state index contributed by atoms with van der Waals surface area (Å²) in [5, 5.41) is 18.3. The molecule has 3 N–H and O–H groups in total. The molecule has 37 heavy (non-hydrogen) atoms. The number of aromatic nitrogens is 4. The molecule has 0 saturated heterocycles. The van der Waals surface area contributed by atoms with Crippen LogP contribution in [-0.4, -0.2) is 66.0 Å². The van der Waals surface area contributed by atoms with Gasteiger partial charge in [-0.05, 0) is 51.7 Å². The first kappa shape index (κ1) is 25.7. The monoisotopic (exact) mass is 499 g/mol. The molecule has 2 aromatic carbocycles. The second-order valence-electron chi connectivity index (χ2n) is 9.22. The molecule has 0 aliphatic rings. The molecule has 0 saturated carbocycles. The number of benzene rings is 2. The summed E-state index contributed by atoms with van der Waals surface area (Å²) in [6.07, 6.45) is 2.49. The maximum Gasteiger partial charge on any atom is 0.229 e. The third-order valence-electron chi connectivity index (χ3n) is 6.26. The molecule has 10 nitrogen and oxygen atoms in total. The summed E-state index contributed by atoms with van der Waals surface area (Å²) >= 11 is 0. The van der Waals surface area contributed by atoms with Crippen LogP contribution in [-0.2, 0) is 6.42 Å². The fourth-order valence-electron chi connectivity index (χ4n) is 4.15. The van der Waals surface area contributed by atoms with Gasteiger partial charge in [-0.15, -0.1) is 0 Å². The molecule has 0 atom stereocenters. The third-order valence-corrected chi connectivity index (χ3v) is 6.26. The van der Waals surface area contributed by atoms with Crippen molar-refractivity contribution in [1.82, 2.24) is 24.6 Å². The Balaban J connectivity index is 1.70. The minimum atomic E-state index is 0.391. The van der Waals surface area contributed by atoms with Gasteiger partial charge in [0.25, 0.3) is 0 Å². The first-order chi connectivity index (χ1) is 17.7. The number of methoxy groups -OCH3 is 1. The van der Waals surface area contributed by atoms with Crippen LogP contribution >= 0.6 is 0 Å². The molecule has 0 bridgehead atoms. The number of anilines is 4. The van der Waals surface area contributed by atoms with E-state index in [1.807, 2.05) is 63.9 Å². The summed E-state index contributed by atoms with van der Waals surface area (Å²) in [7, 11) is 7.72. The summed E-state index contributed by atoms with van der Waals surface area (Å²) in [5.41, 5.74) is 11.9. The first-order valence-corrected chi connectivity index (χ1v) is 12.1. The molecular formula is C27H33N9O. The maximum atomic E-state index is 9.33. The van der Waals surface area contributed by atoms with Crippen LogP contribution in [0.15, 0.2) is 36.5 Å². The molecule has 0 fully saturated rings. The number of nitrogens with one attached hydrogen (secondary N) is 1. The van der Waals surface area contributed by atoms with Crippen molar-refractivity contribution < 1.29 is 4.74 Å². The maximum absolute atomic E-state index is 9.33. The zero-order chi connectivity index (χ0) is 26.7. The highest BCUT2D eigenvalue weighted by atomic mass is 16.5. The van der Waals surface area contributed by atoms with Crippen LogP contribution in [0.4, 0.5) is 23.0 Å². The van der Waals surface area contributed by atoms with Crippen LogP contribution in [0.1, 0.15) is 23.7 Å². The van der Waals surface area contributed by atoms with Crippen molar-refractivity contribution >= 4 is 33.9 Å². The Morgan fingerprint density at radius 3 is 2.62 bits per heavy atom. The number of ether oxygens (including phenoxy) is 1. The smallest absolute Gasteiger partial charge is 0.229 e. The fourth-order valence-corrected chi connectivity index (χ4v) is 4.15. The number of hydrogen-bond acceptors (Lipinski definition) is 9. The van der Waals surface area contributed by atoms with E-state index in [1.165, 1.54) is 0 Å². The van der Waals surface area contributed by atoms with Gasteiger partial charge in [-0.1, -0.05) is 6.92 Å². The van der Waals surface area contributed by atoms with Gasteiger partial charge in [-0.2, -0.15) is 15.3 Å². The molecule has 4 aromatic rings. The number of likely N-dealkylation sites (N-methyl/N-ethyl adjacent to an activating group) is 2. The van der Waals surface area contributed by atoms with E-state index in [0.29, 0.717) is 34.5 Å². The number of nitrogens with two attached hydrogens (primary N) is 1. The lowest BCUT2D eigenvalue weighted by molar-refractivity contribution is 0.413. The molecule has 0 aliphatic carbocycles. The highest BCUT2D eigenvalue weighted by Gasteiger charge is 2.17. The van der Waals surface area contributed by atoms with Gasteiger partial charge in [0.2, 0.25) is 5.95 Å². The number of hydrogen-bond donors (Lipinski definition) is 2. The number of rotatable bonds is 9. The minimum absolute atomic E-state index is 0.391. The van der Waals surface area contributed by atoms with Crippen LogP contribution in [0.2, 0.25) is 0 Å². The SMILES string of the molecule is CCc1nn(-c2nc(Nc3cc(N)c(N(C)CCN(C)C)cc3OC)ncc2C)c2ccc(C#N)cc12. The lowest BCUT2D eigenvalue weighted by Crippen LogP contribution is -2.29. The van der Waals surface area contributed by atoms with Crippen molar-refractivity contribution in [2.75, 3.05) is 57.3 Å². The van der Waals surface area contributed by atoms with Gasteiger partial charge in [0, 0.05) is 43.4 Å². The zero-order valence-corrected chi connectivity index (χ0v) is 22.2. The van der Waals surface area contributed by atoms with Crippen LogP contribution in [0.5, 0.6) is 5.75 Å². The Bertz CT molecular complexity index is 1470. The van der Waals surface area contributed by atoms with E-state index in [2.05, 4.69) is 26.2 Å². The quantitative estimate of drug-likeness (QED) is 0.330. The van der Waals surface area contributed by atoms with Crippen molar-refractivity contribution in [1.29, 1.82) is 5.26 Å². The Morgan fingerprint density at radius 2 is 1.95 bits per heavy atom. The van der Waals surface area contributed by atoms with E-state index in [-0.39, 0.29) is 0 Å². The lowest BCUT2D eigenvalue weighted by atomic mass is 10.1. The number of nitrogen functional groups attached to an aromatic ring is 1. The fraction of sp³-hybridized carbons (Fsp3) is 0.333. The Labute approximate surface area is 217 Å². The van der Waals surface area contributed by atoms with Gasteiger partial charge >= 0.3 is 0 Å². The molecule has 192 valence electrons. The van der Waals surface area contributed by atoms with Crippen LogP contribution in [0, 0.1) is 18.3 Å². The zero-order valence-electron chi connectivity index (χ0n) is 22.2. The summed E-state index contributed by atoms with van der Waals surface area (Å²) in [4.78, 5) is 13.5. The van der Waals surface area contributed by atoms with E-state index in [9.17, 15) is 5.26 Å². The number of fused-ring (bicyclic) bond motifs is 1. The van der Waals surface area contributed by atoms with Crippen molar-refractivity contribution in [2.24, 2.45) is 0 Å². The number of nitriles is 1. The lowest BCUT2D eigenvalue weighted by Gasteiger charge is -2.24. The average Bonchev–Trinajstić information content (AvgIpc) is 3.26. The van der Waals surface area contributed by atoms with Crippen molar-refractivity contribution in [3.05, 3.63) is 53.3 Å². The molecule has 0 aliphatic heterocycles. The Morgan fingerprint density at radius 1 is 1.16 bits per heavy atom. The molecule has 0 radical (unpaired) electrons. The van der Waals surface area contributed by atoms with Crippen molar-refractivity contribution in [3.63, 3.8) is 0 Å². The summed E-state index contributed by atoms with van der Waals surface area (Å²) in [6.45, 7) is 5.71. The van der Waals surface area contributed by atoms with Gasteiger partial charge < -0.3 is 25.6 Å². The van der Waals surface area contributed by atoms with Crippen molar-refractivity contribution in [3.8, 4) is 17.6 Å². The largest absolute Gasteiger partial charge is 0.494 e. The molecule has 2 heterocycles. The van der Waals surface area contributed by atoms with E-state index in [4.69, 9.17) is 20.6 Å². The number of nitrogens with zero attached hydrogens (tertiary/aromatic N) is 7. The van der Waals surface area contributed by atoms with Gasteiger partial charge in [0.05, 0.1) is 47.0 Å². The van der Waals surface area contributed by atoms with Crippen molar-refractivity contribution in [2.45, 2.75) is 20.3 Å². The summed E-state index contributed by atoms with van der Waals surface area (Å²) in [6, 6.07) is 11.5. The first-order valence-electron chi connectivity index (χ1n) is 12.1. The molecular weight excluding hydrogens is 466 g/mol. The van der Waals surface area contributed by atoms with E-state index < -0.39 is 0 Å². The Kier molecular flexibility index (Phi) is 7.45. The van der Waals surface area contributed by atoms with Gasteiger partial charge in [-0.25, -0.2) is 9.67 Å². The van der Waals surface area contributed by atoms with Crippen LogP contribution in [0.3, 0.4) is 0 Å². The predicted molar refractivity (Wildman–Crippen MR) is 148 cm³/mol. The van der Waals surface area contributed by atoms with E-state index in [1.54, 1.807) is 19.4 Å². The molecule has 10 heteroatoms. The predicted octanol–water partition coefficient (Wildman–Crippen LogP) is 3.89. The van der Waals surface area contributed by atoms with E-state index >= 15 is 0 Å². The molecule has 4 rings (SSSR count). The summed E-state index contributed by atoms with van der Waals surface area (Å²) in [5.74, 6) is 1.68. The second-order valence-corrected chi connectivity index (χ2v) is 9.22. The highest BCUT2D eigenvalue weighted by molar-refractivity contribution is 5.85. The molecule has 2 aromatic heterocycles. The molecule has 0 spiro atoms. The van der Waals surface area contributed by atoms with E-state index in [0.717, 1.165) is 47.4 Å². The summed E-state index contributed by atoms with van der Waals surface area (Å²) < 4.78 is 7.48. The molecule has 0 unspecified atom stereocenters. The standard InChI is InChI=1S/C27H33N9O/c1-7-21-19-12-18(15-28)8-9-23(19)36(33-21)26-17(2)16-30-27(32-26)31-22-13-20(29)24(14-25(22)37-6)35(5)11-10-34(3)4/h8-9,12-14,16H,7,10-11,29H2,1-6H3,(H,30,31,32). The van der Waals surface area contributed by atoms with Gasteiger partial charge in [0.1, 0.15) is 5.75 Å². The van der Waals surface area contributed by atoms with Gasteiger partial charge in [-0.3, -0.25) is 0 Å². The van der Waals surface area contributed by atoms with Crippen LogP contribution < -0.4 is 20.7 Å².